The summed E-state index contributed by atoms with van der Waals surface area (Å²) in [5.41, 5.74) is 6.19. The summed E-state index contributed by atoms with van der Waals surface area (Å²) in [6.07, 6.45) is 3.07. The van der Waals surface area contributed by atoms with Crippen molar-refractivity contribution in [3.8, 4) is 0 Å². The van der Waals surface area contributed by atoms with E-state index < -0.39 is 10.0 Å². The van der Waals surface area contributed by atoms with Gasteiger partial charge >= 0.3 is 0 Å². The number of nitrogens with two attached hydrogens (primary N) is 1. The van der Waals surface area contributed by atoms with Gasteiger partial charge in [-0.25, -0.2) is 8.42 Å². The minimum atomic E-state index is -3.49. The maximum Gasteiger partial charge on any atom is 0.244 e. The van der Waals surface area contributed by atoms with Gasteiger partial charge in [-0.05, 0) is 38.6 Å². The van der Waals surface area contributed by atoms with Crippen molar-refractivity contribution in [2.75, 3.05) is 26.7 Å². The lowest BCUT2D eigenvalue weighted by Crippen LogP contribution is -2.43. The largest absolute Gasteiger partial charge is 0.325 e. The van der Waals surface area contributed by atoms with E-state index in [4.69, 9.17) is 5.73 Å². The predicted octanol–water partition coefficient (Wildman–Crippen LogP) is 0.645. The van der Waals surface area contributed by atoms with Gasteiger partial charge in [0.25, 0.3) is 0 Å². The van der Waals surface area contributed by atoms with Gasteiger partial charge < -0.3 is 10.6 Å². The molecule has 1 fully saturated rings. The van der Waals surface area contributed by atoms with Gasteiger partial charge in [-0.1, -0.05) is 6.92 Å². The van der Waals surface area contributed by atoms with Crippen molar-refractivity contribution in [2.45, 2.75) is 37.2 Å². The average Bonchev–Trinajstić information content (AvgIpc) is 2.68. The SMILES string of the molecule is CCC1CN(C)CCCN1S(=O)(=O)c1ccc(CN)nc1. The molecular weight excluding hydrogens is 288 g/mol. The number of sulfonamides is 1. The number of likely N-dealkylation sites (N-methyl/N-ethyl adjacent to an activating group) is 1. The maximum absolute atomic E-state index is 12.9. The first kappa shape index (κ1) is 16.4. The Morgan fingerprint density at radius 3 is 2.71 bits per heavy atom. The van der Waals surface area contributed by atoms with E-state index in [-0.39, 0.29) is 10.9 Å². The van der Waals surface area contributed by atoms with Crippen LogP contribution in [0.3, 0.4) is 0 Å². The lowest BCUT2D eigenvalue weighted by atomic mass is 10.2. The summed E-state index contributed by atoms with van der Waals surface area (Å²) < 4.78 is 27.3. The molecule has 0 radical (unpaired) electrons. The van der Waals surface area contributed by atoms with Crippen molar-refractivity contribution in [1.82, 2.24) is 14.2 Å². The Hall–Kier alpha value is -1.02. The Kier molecular flexibility index (Phi) is 5.32. The van der Waals surface area contributed by atoms with Crippen molar-refractivity contribution < 1.29 is 8.42 Å². The fourth-order valence-electron chi connectivity index (χ4n) is 2.69. The van der Waals surface area contributed by atoms with Crippen molar-refractivity contribution >= 4 is 10.0 Å². The standard InChI is InChI=1S/C14H24N4O2S/c1-3-13-11-17(2)7-4-8-18(13)21(19,20)14-6-5-12(9-15)16-10-14/h5-6,10,13H,3-4,7-9,11,15H2,1-2H3. The van der Waals surface area contributed by atoms with Crippen LogP contribution in [0.5, 0.6) is 0 Å². The molecule has 6 nitrogen and oxygen atoms in total. The lowest BCUT2D eigenvalue weighted by Gasteiger charge is -2.29. The second kappa shape index (κ2) is 6.83. The summed E-state index contributed by atoms with van der Waals surface area (Å²) in [7, 11) is -1.45. The van der Waals surface area contributed by atoms with Gasteiger partial charge in [0, 0.05) is 31.9 Å². The third-order valence-corrected chi connectivity index (χ3v) is 5.87. The molecule has 1 saturated heterocycles. The summed E-state index contributed by atoms with van der Waals surface area (Å²) in [5, 5.41) is 0. The number of nitrogens with zero attached hydrogens (tertiary/aromatic N) is 3. The highest BCUT2D eigenvalue weighted by atomic mass is 32.2. The van der Waals surface area contributed by atoms with Crippen molar-refractivity contribution in [2.24, 2.45) is 5.73 Å². The molecule has 0 spiro atoms. The lowest BCUT2D eigenvalue weighted by molar-refractivity contribution is 0.270. The highest BCUT2D eigenvalue weighted by Gasteiger charge is 2.32. The van der Waals surface area contributed by atoms with E-state index in [1.165, 1.54) is 6.20 Å². The Morgan fingerprint density at radius 2 is 2.14 bits per heavy atom. The molecule has 0 saturated carbocycles. The molecule has 1 aliphatic heterocycles. The molecule has 2 heterocycles. The fourth-order valence-corrected chi connectivity index (χ4v) is 4.36. The second-order valence-electron chi connectivity index (χ2n) is 5.48. The van der Waals surface area contributed by atoms with E-state index in [1.807, 2.05) is 14.0 Å². The van der Waals surface area contributed by atoms with E-state index in [2.05, 4.69) is 9.88 Å². The Bertz CT molecular complexity index is 559. The normalized spacial score (nSPS) is 22.1. The van der Waals surface area contributed by atoms with Crippen LogP contribution in [0.15, 0.2) is 23.2 Å². The van der Waals surface area contributed by atoms with E-state index in [9.17, 15) is 8.42 Å². The van der Waals surface area contributed by atoms with Crippen LogP contribution in [-0.4, -0.2) is 55.3 Å². The van der Waals surface area contributed by atoms with Gasteiger partial charge in [-0.3, -0.25) is 4.98 Å². The highest BCUT2D eigenvalue weighted by Crippen LogP contribution is 2.22. The molecule has 0 aromatic carbocycles. The van der Waals surface area contributed by atoms with Gasteiger partial charge in [0.05, 0.1) is 5.69 Å². The summed E-state index contributed by atoms with van der Waals surface area (Å²) in [6, 6.07) is 3.29. The first-order valence-electron chi connectivity index (χ1n) is 7.34. The molecule has 0 bridgehead atoms. The van der Waals surface area contributed by atoms with Gasteiger partial charge in [-0.2, -0.15) is 4.31 Å². The molecule has 1 aromatic rings. The molecule has 21 heavy (non-hydrogen) atoms. The third kappa shape index (κ3) is 3.60. The van der Waals surface area contributed by atoms with E-state index in [0.717, 1.165) is 25.9 Å². The van der Waals surface area contributed by atoms with Gasteiger partial charge in [0.1, 0.15) is 4.90 Å². The van der Waals surface area contributed by atoms with Crippen molar-refractivity contribution in [1.29, 1.82) is 0 Å². The first-order valence-corrected chi connectivity index (χ1v) is 8.78. The van der Waals surface area contributed by atoms with Gasteiger partial charge in [0.2, 0.25) is 10.0 Å². The molecule has 1 atom stereocenters. The summed E-state index contributed by atoms with van der Waals surface area (Å²) in [5.74, 6) is 0. The van der Waals surface area contributed by atoms with Crippen LogP contribution in [0.4, 0.5) is 0 Å². The number of pyridine rings is 1. The first-order chi connectivity index (χ1) is 9.98. The molecule has 1 aliphatic rings. The molecule has 2 N–H and O–H groups in total. The summed E-state index contributed by atoms with van der Waals surface area (Å²) >= 11 is 0. The molecule has 0 aliphatic carbocycles. The van der Waals surface area contributed by atoms with Crippen molar-refractivity contribution in [3.63, 3.8) is 0 Å². The predicted molar refractivity (Wildman–Crippen MR) is 82.2 cm³/mol. The quantitative estimate of drug-likeness (QED) is 0.883. The van der Waals surface area contributed by atoms with Crippen LogP contribution >= 0.6 is 0 Å². The van der Waals surface area contributed by atoms with Crippen LogP contribution in [0.1, 0.15) is 25.5 Å². The molecular formula is C14H24N4O2S. The minimum Gasteiger partial charge on any atom is -0.325 e. The molecule has 1 unspecified atom stereocenters. The number of rotatable bonds is 4. The molecule has 7 heteroatoms. The molecule has 0 amide bonds. The smallest absolute Gasteiger partial charge is 0.244 e. The summed E-state index contributed by atoms with van der Waals surface area (Å²) in [4.78, 5) is 6.55. The molecule has 2 rings (SSSR count). The van der Waals surface area contributed by atoms with E-state index in [1.54, 1.807) is 16.4 Å². The maximum atomic E-state index is 12.9. The zero-order valence-corrected chi connectivity index (χ0v) is 13.5. The van der Waals surface area contributed by atoms with Crippen LogP contribution in [-0.2, 0) is 16.6 Å². The minimum absolute atomic E-state index is 0.0108. The summed E-state index contributed by atoms with van der Waals surface area (Å²) in [6.45, 7) is 4.59. The van der Waals surface area contributed by atoms with E-state index in [0.29, 0.717) is 18.8 Å². The third-order valence-electron chi connectivity index (χ3n) is 3.93. The Morgan fingerprint density at radius 1 is 1.38 bits per heavy atom. The monoisotopic (exact) mass is 312 g/mol. The molecule has 1 aromatic heterocycles. The Labute approximate surface area is 127 Å². The van der Waals surface area contributed by atoms with Crippen LogP contribution in [0.2, 0.25) is 0 Å². The van der Waals surface area contributed by atoms with Crippen LogP contribution in [0.25, 0.3) is 0 Å². The highest BCUT2D eigenvalue weighted by molar-refractivity contribution is 7.89. The number of aromatic nitrogens is 1. The van der Waals surface area contributed by atoms with Gasteiger partial charge in [-0.15, -0.1) is 0 Å². The van der Waals surface area contributed by atoms with Crippen molar-refractivity contribution in [3.05, 3.63) is 24.0 Å². The Balaban J connectivity index is 2.31. The molecule has 118 valence electrons. The number of hydrogen-bond donors (Lipinski definition) is 1. The zero-order valence-electron chi connectivity index (χ0n) is 12.7. The average molecular weight is 312 g/mol. The topological polar surface area (TPSA) is 79.5 Å². The second-order valence-corrected chi connectivity index (χ2v) is 7.37. The zero-order chi connectivity index (χ0) is 15.5. The van der Waals surface area contributed by atoms with Crippen LogP contribution < -0.4 is 5.73 Å². The van der Waals surface area contributed by atoms with E-state index >= 15 is 0 Å². The fraction of sp³-hybridized carbons (Fsp3) is 0.643. The number of hydrogen-bond acceptors (Lipinski definition) is 5. The van der Waals surface area contributed by atoms with Gasteiger partial charge in [0.15, 0.2) is 0 Å². The van der Waals surface area contributed by atoms with Crippen LogP contribution in [0, 0.1) is 0 Å².